The van der Waals surface area contributed by atoms with Gasteiger partial charge in [-0.2, -0.15) is 0 Å². The Hall–Kier alpha value is -1.10. The maximum absolute atomic E-state index is 13.1. The highest BCUT2D eigenvalue weighted by atomic mass is 19.3. The van der Waals surface area contributed by atoms with Crippen LogP contribution >= 0.6 is 0 Å². The molecule has 0 aliphatic carbocycles. The molecule has 0 spiro atoms. The molecule has 0 saturated heterocycles. The van der Waals surface area contributed by atoms with Gasteiger partial charge < -0.3 is 5.73 Å². The summed E-state index contributed by atoms with van der Waals surface area (Å²) < 4.78 is 50.7. The van der Waals surface area contributed by atoms with Crippen molar-refractivity contribution in [1.82, 2.24) is 0 Å². The van der Waals surface area contributed by atoms with Crippen molar-refractivity contribution in [3.05, 3.63) is 35.4 Å². The summed E-state index contributed by atoms with van der Waals surface area (Å²) in [7, 11) is 0. The van der Waals surface area contributed by atoms with Gasteiger partial charge in [-0.3, -0.25) is 0 Å². The van der Waals surface area contributed by atoms with Crippen LogP contribution in [0.3, 0.4) is 0 Å². The lowest BCUT2D eigenvalue weighted by Gasteiger charge is -2.23. The molecule has 0 radical (unpaired) electrons. The molecule has 0 fully saturated rings. The largest absolute Gasteiger partial charge is 0.320 e. The van der Waals surface area contributed by atoms with Crippen LogP contribution < -0.4 is 5.73 Å². The maximum atomic E-state index is 13.1. The molecule has 5 heteroatoms. The summed E-state index contributed by atoms with van der Waals surface area (Å²) in [5.41, 5.74) is 3.28. The SMILES string of the molecule is CC(N)(Cc1cccc(F)c1F)C(F)F. The Morgan fingerprint density at radius 2 is 1.93 bits per heavy atom. The second-order valence-corrected chi connectivity index (χ2v) is 3.70. The van der Waals surface area contributed by atoms with E-state index in [4.69, 9.17) is 5.73 Å². The normalized spacial score (nSPS) is 15.4. The second kappa shape index (κ2) is 4.18. The summed E-state index contributed by atoms with van der Waals surface area (Å²) >= 11 is 0. The van der Waals surface area contributed by atoms with Crippen molar-refractivity contribution in [2.24, 2.45) is 5.73 Å². The quantitative estimate of drug-likeness (QED) is 0.779. The first-order valence-electron chi connectivity index (χ1n) is 4.34. The van der Waals surface area contributed by atoms with Gasteiger partial charge in [0.2, 0.25) is 0 Å². The molecular formula is C10H11F4N. The number of hydrogen-bond donors (Lipinski definition) is 1. The van der Waals surface area contributed by atoms with E-state index in [1.165, 1.54) is 12.1 Å². The van der Waals surface area contributed by atoms with Gasteiger partial charge in [-0.1, -0.05) is 12.1 Å². The number of halogens is 4. The summed E-state index contributed by atoms with van der Waals surface area (Å²) in [4.78, 5) is 0. The molecule has 0 bridgehead atoms. The average Bonchev–Trinajstić information content (AvgIpc) is 2.12. The van der Waals surface area contributed by atoms with Crippen LogP contribution in [0, 0.1) is 11.6 Å². The summed E-state index contributed by atoms with van der Waals surface area (Å²) in [6.07, 6.45) is -3.20. The van der Waals surface area contributed by atoms with E-state index in [1.54, 1.807) is 0 Å². The number of alkyl halides is 2. The molecule has 84 valence electrons. The Labute approximate surface area is 84.9 Å². The summed E-state index contributed by atoms with van der Waals surface area (Å²) in [6.45, 7) is 1.10. The fraction of sp³-hybridized carbons (Fsp3) is 0.400. The Morgan fingerprint density at radius 1 is 1.33 bits per heavy atom. The maximum Gasteiger partial charge on any atom is 0.256 e. The minimum Gasteiger partial charge on any atom is -0.320 e. The van der Waals surface area contributed by atoms with E-state index in [1.807, 2.05) is 0 Å². The van der Waals surface area contributed by atoms with Crippen molar-refractivity contribution in [2.75, 3.05) is 0 Å². The van der Waals surface area contributed by atoms with Crippen LogP contribution in [0.4, 0.5) is 17.6 Å². The highest BCUT2D eigenvalue weighted by molar-refractivity contribution is 5.21. The van der Waals surface area contributed by atoms with Gasteiger partial charge in [0.25, 0.3) is 6.43 Å². The Kier molecular flexibility index (Phi) is 3.34. The molecule has 1 atom stereocenters. The predicted molar refractivity (Wildman–Crippen MR) is 48.7 cm³/mol. The predicted octanol–water partition coefficient (Wildman–Crippen LogP) is 2.49. The van der Waals surface area contributed by atoms with Crippen LogP contribution in [-0.4, -0.2) is 12.0 Å². The zero-order chi connectivity index (χ0) is 11.6. The topological polar surface area (TPSA) is 26.0 Å². The van der Waals surface area contributed by atoms with Crippen LogP contribution in [0.15, 0.2) is 18.2 Å². The number of rotatable bonds is 3. The third-order valence-corrected chi connectivity index (χ3v) is 2.10. The molecule has 2 N–H and O–H groups in total. The van der Waals surface area contributed by atoms with E-state index in [9.17, 15) is 17.6 Å². The van der Waals surface area contributed by atoms with Gasteiger partial charge in [0.1, 0.15) is 0 Å². The van der Waals surface area contributed by atoms with E-state index in [0.29, 0.717) is 0 Å². The van der Waals surface area contributed by atoms with E-state index in [0.717, 1.165) is 13.0 Å². The molecular weight excluding hydrogens is 210 g/mol. The van der Waals surface area contributed by atoms with Gasteiger partial charge in [0, 0.05) is 0 Å². The minimum atomic E-state index is -2.79. The lowest BCUT2D eigenvalue weighted by molar-refractivity contribution is 0.0634. The van der Waals surface area contributed by atoms with Gasteiger partial charge in [-0.15, -0.1) is 0 Å². The molecule has 0 amide bonds. The monoisotopic (exact) mass is 221 g/mol. The highest BCUT2D eigenvalue weighted by Gasteiger charge is 2.31. The molecule has 0 aromatic heterocycles. The third kappa shape index (κ3) is 2.68. The van der Waals surface area contributed by atoms with Crippen LogP contribution in [0.1, 0.15) is 12.5 Å². The lowest BCUT2D eigenvalue weighted by atomic mass is 9.94. The fourth-order valence-electron chi connectivity index (χ4n) is 1.17. The standard InChI is InChI=1S/C10H11F4N/c1-10(15,9(13)14)5-6-3-2-4-7(11)8(6)12/h2-4,9H,5,15H2,1H3. The molecule has 0 heterocycles. The van der Waals surface area contributed by atoms with Crippen molar-refractivity contribution in [3.63, 3.8) is 0 Å². The minimum absolute atomic E-state index is 0.139. The molecule has 1 nitrogen and oxygen atoms in total. The van der Waals surface area contributed by atoms with Gasteiger partial charge >= 0.3 is 0 Å². The smallest absolute Gasteiger partial charge is 0.256 e. The first-order chi connectivity index (χ1) is 6.84. The van der Waals surface area contributed by atoms with Crippen molar-refractivity contribution in [3.8, 4) is 0 Å². The molecule has 15 heavy (non-hydrogen) atoms. The first kappa shape index (κ1) is 12.0. The molecule has 0 aliphatic heterocycles. The highest BCUT2D eigenvalue weighted by Crippen LogP contribution is 2.21. The Morgan fingerprint density at radius 3 is 2.47 bits per heavy atom. The van der Waals surface area contributed by atoms with Gasteiger partial charge in [0.05, 0.1) is 5.54 Å². The fourth-order valence-corrected chi connectivity index (χ4v) is 1.17. The van der Waals surface area contributed by atoms with Crippen molar-refractivity contribution >= 4 is 0 Å². The van der Waals surface area contributed by atoms with Crippen molar-refractivity contribution < 1.29 is 17.6 Å². The van der Waals surface area contributed by atoms with Crippen molar-refractivity contribution in [1.29, 1.82) is 0 Å². The number of benzene rings is 1. The molecule has 1 aromatic carbocycles. The molecule has 1 rings (SSSR count). The Balaban J connectivity index is 2.95. The third-order valence-electron chi connectivity index (χ3n) is 2.10. The van der Waals surface area contributed by atoms with Crippen LogP contribution in [0.5, 0.6) is 0 Å². The van der Waals surface area contributed by atoms with Crippen molar-refractivity contribution in [2.45, 2.75) is 25.3 Å². The van der Waals surface area contributed by atoms with Gasteiger partial charge in [0.15, 0.2) is 11.6 Å². The zero-order valence-corrected chi connectivity index (χ0v) is 8.11. The lowest BCUT2D eigenvalue weighted by Crippen LogP contribution is -2.46. The van der Waals surface area contributed by atoms with E-state index >= 15 is 0 Å². The zero-order valence-electron chi connectivity index (χ0n) is 8.11. The van der Waals surface area contributed by atoms with Crippen LogP contribution in [-0.2, 0) is 6.42 Å². The molecule has 0 saturated carbocycles. The van der Waals surface area contributed by atoms with E-state index in [2.05, 4.69) is 0 Å². The first-order valence-corrected chi connectivity index (χ1v) is 4.34. The summed E-state index contributed by atoms with van der Waals surface area (Å²) in [5.74, 6) is -2.17. The van der Waals surface area contributed by atoms with Gasteiger partial charge in [-0.25, -0.2) is 17.6 Å². The molecule has 1 unspecified atom stereocenters. The summed E-state index contributed by atoms with van der Waals surface area (Å²) in [5, 5.41) is 0. The number of hydrogen-bond acceptors (Lipinski definition) is 1. The van der Waals surface area contributed by atoms with Gasteiger partial charge in [-0.05, 0) is 25.0 Å². The molecule has 0 aliphatic rings. The Bertz CT molecular complexity index is 349. The average molecular weight is 221 g/mol. The van der Waals surface area contributed by atoms with Crippen LogP contribution in [0.25, 0.3) is 0 Å². The van der Waals surface area contributed by atoms with E-state index < -0.39 is 30.0 Å². The van der Waals surface area contributed by atoms with E-state index in [-0.39, 0.29) is 5.56 Å². The molecule has 1 aromatic rings. The van der Waals surface area contributed by atoms with Crippen LogP contribution in [0.2, 0.25) is 0 Å². The number of nitrogens with two attached hydrogens (primary N) is 1. The second-order valence-electron chi connectivity index (χ2n) is 3.70. The summed E-state index contributed by atoms with van der Waals surface area (Å²) in [6, 6.07) is 3.43.